The van der Waals surface area contributed by atoms with Gasteiger partial charge in [0, 0.05) is 0 Å². The molecule has 17 heavy (non-hydrogen) atoms. The van der Waals surface area contributed by atoms with Crippen LogP contribution >= 0.6 is 0 Å². The Morgan fingerprint density at radius 1 is 0.588 bits per heavy atom. The van der Waals surface area contributed by atoms with Crippen molar-refractivity contribution in [1.82, 2.24) is 0 Å². The maximum absolute atomic E-state index is 6.60. The summed E-state index contributed by atoms with van der Waals surface area (Å²) in [7, 11) is -4.95. The van der Waals surface area contributed by atoms with Crippen molar-refractivity contribution < 1.29 is 8.23 Å². The van der Waals surface area contributed by atoms with Crippen LogP contribution in [-0.4, -0.2) is 25.2 Å². The van der Waals surface area contributed by atoms with Crippen molar-refractivity contribution in [3.05, 3.63) is 0 Å². The minimum atomic E-state index is -1.93. The zero-order chi connectivity index (χ0) is 13.7. The molecule has 0 aliphatic carbocycles. The fourth-order valence-corrected chi connectivity index (χ4v) is 14.3. The molecule has 0 saturated heterocycles. The first kappa shape index (κ1) is 17.6. The number of hydrogen-bond acceptors (Lipinski definition) is 2. The highest BCUT2D eigenvalue weighted by Crippen LogP contribution is 2.29. The predicted octanol–water partition coefficient (Wildman–Crippen LogP) is 4.95. The van der Waals surface area contributed by atoms with Crippen molar-refractivity contribution in [2.24, 2.45) is 0 Å². The zero-order valence-electron chi connectivity index (χ0n) is 13.1. The van der Waals surface area contributed by atoms with Crippen LogP contribution in [0.5, 0.6) is 0 Å². The van der Waals surface area contributed by atoms with E-state index in [1.165, 1.54) is 12.1 Å². The van der Waals surface area contributed by atoms with Gasteiger partial charge in [-0.05, 0) is 50.4 Å². The third-order valence-electron chi connectivity index (χ3n) is 3.70. The van der Waals surface area contributed by atoms with E-state index in [0.717, 1.165) is 12.1 Å². The van der Waals surface area contributed by atoms with Gasteiger partial charge in [0.15, 0.2) is 16.6 Å². The third-order valence-corrected chi connectivity index (χ3v) is 16.7. The molecule has 0 N–H and O–H groups in total. The van der Waals surface area contributed by atoms with Gasteiger partial charge < -0.3 is 8.23 Å². The Kier molecular flexibility index (Phi) is 6.88. The maximum atomic E-state index is 6.60. The lowest BCUT2D eigenvalue weighted by Gasteiger charge is -2.41. The lowest BCUT2D eigenvalue weighted by Crippen LogP contribution is -2.55. The fraction of sp³-hybridized carbons (Fsp3) is 1.00. The van der Waals surface area contributed by atoms with E-state index < -0.39 is 25.2 Å². The Balaban J connectivity index is 4.91. The monoisotopic (exact) mass is 292 g/mol. The summed E-state index contributed by atoms with van der Waals surface area (Å²) >= 11 is 0. The van der Waals surface area contributed by atoms with Gasteiger partial charge in [-0.3, -0.25) is 0 Å². The molecule has 0 aromatic rings. The summed E-state index contributed by atoms with van der Waals surface area (Å²) in [6, 6.07) is 4.55. The maximum Gasteiger partial charge on any atom is 0.317 e. The largest absolute Gasteiger partial charge is 0.436 e. The van der Waals surface area contributed by atoms with Gasteiger partial charge in [0.25, 0.3) is 0 Å². The molecule has 0 spiro atoms. The van der Waals surface area contributed by atoms with Gasteiger partial charge in [-0.2, -0.15) is 0 Å². The standard InChI is InChI=1S/C12H32O2Si3/c1-9-15(5,6)13-17(11-3,12-4)14-16(7,8)10-2/h9-12H2,1-8H3. The van der Waals surface area contributed by atoms with E-state index in [1.807, 2.05) is 0 Å². The molecule has 0 fully saturated rings. The van der Waals surface area contributed by atoms with E-state index in [1.54, 1.807) is 0 Å². The van der Waals surface area contributed by atoms with Crippen LogP contribution in [-0.2, 0) is 8.23 Å². The molecule has 0 unspecified atom stereocenters. The van der Waals surface area contributed by atoms with Crippen LogP contribution in [0.25, 0.3) is 0 Å². The quantitative estimate of drug-likeness (QED) is 0.589. The Morgan fingerprint density at radius 3 is 1.06 bits per heavy atom. The summed E-state index contributed by atoms with van der Waals surface area (Å²) in [4.78, 5) is 0. The summed E-state index contributed by atoms with van der Waals surface area (Å²) in [6.07, 6.45) is 0. The van der Waals surface area contributed by atoms with E-state index in [2.05, 4.69) is 53.9 Å². The Hall–Kier alpha value is 0.571. The van der Waals surface area contributed by atoms with Gasteiger partial charge in [-0.15, -0.1) is 0 Å². The minimum Gasteiger partial charge on any atom is -0.436 e. The Bertz CT molecular complexity index is 206. The smallest absolute Gasteiger partial charge is 0.317 e. The van der Waals surface area contributed by atoms with Crippen molar-refractivity contribution in [1.29, 1.82) is 0 Å². The van der Waals surface area contributed by atoms with Crippen molar-refractivity contribution in [3.63, 3.8) is 0 Å². The predicted molar refractivity (Wildman–Crippen MR) is 84.8 cm³/mol. The van der Waals surface area contributed by atoms with Crippen LogP contribution in [0.1, 0.15) is 27.7 Å². The van der Waals surface area contributed by atoms with Gasteiger partial charge >= 0.3 is 8.56 Å². The highest BCUT2D eigenvalue weighted by atomic mass is 28.5. The van der Waals surface area contributed by atoms with Crippen LogP contribution < -0.4 is 0 Å². The number of rotatable bonds is 8. The average Bonchev–Trinajstić information content (AvgIpc) is 2.27. The molecule has 0 atom stereocenters. The van der Waals surface area contributed by atoms with Gasteiger partial charge in [-0.1, -0.05) is 27.7 Å². The molecule has 0 rings (SSSR count). The summed E-state index contributed by atoms with van der Waals surface area (Å²) in [5, 5.41) is 0. The Morgan fingerprint density at radius 2 is 0.882 bits per heavy atom. The zero-order valence-corrected chi connectivity index (χ0v) is 16.1. The number of hydrogen-bond donors (Lipinski definition) is 0. The molecule has 0 aromatic carbocycles. The van der Waals surface area contributed by atoms with E-state index in [4.69, 9.17) is 8.23 Å². The van der Waals surface area contributed by atoms with Crippen molar-refractivity contribution in [2.75, 3.05) is 0 Å². The first-order valence-corrected chi connectivity index (χ1v) is 15.5. The molecular formula is C12H32O2Si3. The fourth-order valence-electron chi connectivity index (χ4n) is 1.71. The van der Waals surface area contributed by atoms with Crippen LogP contribution in [0.3, 0.4) is 0 Å². The highest BCUT2D eigenvalue weighted by Gasteiger charge is 2.43. The molecule has 0 heterocycles. The van der Waals surface area contributed by atoms with Crippen molar-refractivity contribution >= 4 is 25.2 Å². The molecule has 0 radical (unpaired) electrons. The molecular weight excluding hydrogens is 260 g/mol. The lowest BCUT2D eigenvalue weighted by molar-refractivity contribution is 0.371. The average molecular weight is 293 g/mol. The molecule has 0 amide bonds. The van der Waals surface area contributed by atoms with E-state index in [0.29, 0.717) is 0 Å². The van der Waals surface area contributed by atoms with E-state index in [9.17, 15) is 0 Å². The van der Waals surface area contributed by atoms with Gasteiger partial charge in [0.05, 0.1) is 0 Å². The van der Waals surface area contributed by atoms with Crippen LogP contribution in [0.15, 0.2) is 0 Å². The topological polar surface area (TPSA) is 18.5 Å². The SMILES string of the molecule is CC[Si](C)(C)O[Si](CC)(CC)O[Si](C)(C)CC. The van der Waals surface area contributed by atoms with Crippen molar-refractivity contribution in [3.8, 4) is 0 Å². The molecule has 2 nitrogen and oxygen atoms in total. The van der Waals surface area contributed by atoms with Crippen LogP contribution in [0, 0.1) is 0 Å². The van der Waals surface area contributed by atoms with E-state index >= 15 is 0 Å². The molecule has 0 aromatic heterocycles. The molecule has 0 aliphatic heterocycles. The second-order valence-electron chi connectivity index (χ2n) is 6.05. The van der Waals surface area contributed by atoms with E-state index in [-0.39, 0.29) is 0 Å². The normalized spacial score (nSPS) is 14.1. The first-order chi connectivity index (χ1) is 7.66. The van der Waals surface area contributed by atoms with Crippen molar-refractivity contribution in [2.45, 2.75) is 78.1 Å². The molecule has 0 aliphatic rings. The molecule has 5 heteroatoms. The lowest BCUT2D eigenvalue weighted by atomic mass is 10.9. The van der Waals surface area contributed by atoms with Crippen LogP contribution in [0.2, 0.25) is 50.4 Å². The highest BCUT2D eigenvalue weighted by molar-refractivity contribution is 6.88. The third kappa shape index (κ3) is 5.83. The van der Waals surface area contributed by atoms with Gasteiger partial charge in [-0.25, -0.2) is 0 Å². The molecule has 104 valence electrons. The summed E-state index contributed by atoms with van der Waals surface area (Å²) < 4.78 is 13.2. The second-order valence-corrected chi connectivity index (χ2v) is 19.4. The van der Waals surface area contributed by atoms with Crippen LogP contribution in [0.4, 0.5) is 0 Å². The molecule has 0 saturated carbocycles. The van der Waals surface area contributed by atoms with Gasteiger partial charge in [0.1, 0.15) is 0 Å². The summed E-state index contributed by atoms with van der Waals surface area (Å²) in [5.74, 6) is 0. The Labute approximate surface area is 112 Å². The van der Waals surface area contributed by atoms with Gasteiger partial charge in [0.2, 0.25) is 0 Å². The minimum absolute atomic E-state index is 1.09. The first-order valence-electron chi connectivity index (χ1n) is 7.06. The summed E-state index contributed by atoms with van der Waals surface area (Å²) in [6.45, 7) is 18.3. The second kappa shape index (κ2) is 6.65. The molecule has 0 bridgehead atoms. The summed E-state index contributed by atoms with van der Waals surface area (Å²) in [5.41, 5.74) is 0.